The number of benzene rings is 3. The number of H-pyrrole nitrogens is 1. The van der Waals surface area contributed by atoms with E-state index in [2.05, 4.69) is 15.3 Å². The summed E-state index contributed by atoms with van der Waals surface area (Å²) in [5, 5.41) is 2.77. The van der Waals surface area contributed by atoms with Gasteiger partial charge in [0, 0.05) is 13.1 Å². The molecule has 27 heavy (non-hydrogen) atoms. The first kappa shape index (κ1) is 17.0. The van der Waals surface area contributed by atoms with E-state index in [-0.39, 0.29) is 5.82 Å². The van der Waals surface area contributed by atoms with Gasteiger partial charge in [-0.2, -0.15) is 0 Å². The number of halogens is 2. The normalized spacial score (nSPS) is 11.0. The van der Waals surface area contributed by atoms with Crippen LogP contribution in [0.1, 0.15) is 0 Å². The van der Waals surface area contributed by atoms with Crippen LogP contribution < -0.4 is 10.1 Å². The first-order chi connectivity index (χ1) is 13.1. The summed E-state index contributed by atoms with van der Waals surface area (Å²) in [6, 6.07) is 15.0. The van der Waals surface area contributed by atoms with Crippen molar-refractivity contribution < 1.29 is 13.5 Å². The summed E-state index contributed by atoms with van der Waals surface area (Å²) in [4.78, 5) is 7.55. The summed E-state index contributed by atoms with van der Waals surface area (Å²) in [6.07, 6.45) is 0. The monoisotopic (exact) mass is 365 g/mol. The van der Waals surface area contributed by atoms with Gasteiger partial charge < -0.3 is 15.0 Å². The number of ether oxygens (including phenoxy) is 1. The van der Waals surface area contributed by atoms with E-state index in [1.807, 2.05) is 12.1 Å². The molecule has 4 rings (SSSR count). The Kier molecular flexibility index (Phi) is 4.24. The third-order valence-corrected chi connectivity index (χ3v) is 4.49. The highest BCUT2D eigenvalue weighted by molar-refractivity contribution is 5.81. The number of methoxy groups -OCH3 is 1. The topological polar surface area (TPSA) is 49.9 Å². The lowest BCUT2D eigenvalue weighted by Crippen LogP contribution is -1.93. The molecule has 0 unspecified atom stereocenters. The van der Waals surface area contributed by atoms with Crippen LogP contribution in [-0.2, 0) is 0 Å². The van der Waals surface area contributed by atoms with E-state index in [4.69, 9.17) is 4.74 Å². The quantitative estimate of drug-likeness (QED) is 0.521. The Morgan fingerprint density at radius 3 is 2.33 bits per heavy atom. The van der Waals surface area contributed by atoms with Crippen LogP contribution in [0.25, 0.3) is 33.5 Å². The molecule has 1 heterocycles. The Labute approximate surface area is 154 Å². The predicted molar refractivity (Wildman–Crippen MR) is 103 cm³/mol. The molecule has 1 aromatic heterocycles. The Morgan fingerprint density at radius 1 is 0.926 bits per heavy atom. The number of fused-ring (bicyclic) bond motifs is 1. The fraction of sp³-hybridized carbons (Fsp3) is 0.0952. The van der Waals surface area contributed by atoms with Crippen LogP contribution in [0.15, 0.2) is 54.6 Å². The lowest BCUT2D eigenvalue weighted by Gasteiger charge is -2.07. The number of imidazole rings is 1. The zero-order valence-electron chi connectivity index (χ0n) is 14.8. The number of aromatic nitrogens is 2. The van der Waals surface area contributed by atoms with Crippen LogP contribution in [0.2, 0.25) is 0 Å². The summed E-state index contributed by atoms with van der Waals surface area (Å²) in [5.41, 5.74) is 3.42. The van der Waals surface area contributed by atoms with Crippen LogP contribution in [0.3, 0.4) is 0 Å². The van der Waals surface area contributed by atoms with Gasteiger partial charge in [0.1, 0.15) is 23.2 Å². The van der Waals surface area contributed by atoms with E-state index < -0.39 is 5.82 Å². The Hall–Kier alpha value is -3.41. The van der Waals surface area contributed by atoms with Crippen LogP contribution >= 0.6 is 0 Å². The molecule has 4 aromatic rings. The maximum absolute atomic E-state index is 14.8. The molecule has 0 aliphatic carbocycles. The second-order valence-electron chi connectivity index (χ2n) is 6.11. The van der Waals surface area contributed by atoms with Crippen LogP contribution in [0.4, 0.5) is 14.5 Å². The predicted octanol–water partition coefficient (Wildman–Crippen LogP) is 5.23. The van der Waals surface area contributed by atoms with Gasteiger partial charge in [-0.05, 0) is 47.5 Å². The molecule has 2 N–H and O–H groups in total. The van der Waals surface area contributed by atoms with Crippen LogP contribution in [-0.4, -0.2) is 24.1 Å². The number of nitrogens with one attached hydrogen (secondary N) is 2. The van der Waals surface area contributed by atoms with Crippen molar-refractivity contribution in [1.82, 2.24) is 9.97 Å². The molecule has 6 heteroatoms. The van der Waals surface area contributed by atoms with Gasteiger partial charge in [-0.1, -0.05) is 12.1 Å². The highest BCUT2D eigenvalue weighted by atomic mass is 19.1. The van der Waals surface area contributed by atoms with Gasteiger partial charge in [0.25, 0.3) is 0 Å². The van der Waals surface area contributed by atoms with E-state index in [0.29, 0.717) is 34.0 Å². The number of hydrogen-bond donors (Lipinski definition) is 2. The van der Waals surface area contributed by atoms with Gasteiger partial charge in [0.15, 0.2) is 0 Å². The van der Waals surface area contributed by atoms with E-state index in [1.165, 1.54) is 12.1 Å². The number of anilines is 1. The molecule has 0 radical (unpaired) electrons. The summed E-state index contributed by atoms with van der Waals surface area (Å²) in [6.45, 7) is 0. The fourth-order valence-corrected chi connectivity index (χ4v) is 3.03. The molecule has 0 bridgehead atoms. The standard InChI is InChI=1S/C21H17F2N3O/c1-24-18-7-4-13(10-17(18)23)12-3-6-15(16(22)9-12)21-25-19-8-5-14(27-2)11-20(19)26-21/h3-11,24H,1-2H3,(H,25,26). The number of rotatable bonds is 4. The minimum absolute atomic E-state index is 0.348. The third kappa shape index (κ3) is 3.10. The number of hydrogen-bond acceptors (Lipinski definition) is 3. The van der Waals surface area contributed by atoms with E-state index >= 15 is 0 Å². The molecule has 0 saturated carbocycles. The molecule has 136 valence electrons. The highest BCUT2D eigenvalue weighted by Gasteiger charge is 2.13. The third-order valence-electron chi connectivity index (χ3n) is 4.49. The summed E-state index contributed by atoms with van der Waals surface area (Å²) < 4.78 is 33.9. The molecule has 0 amide bonds. The maximum Gasteiger partial charge on any atom is 0.146 e. The van der Waals surface area contributed by atoms with Crippen molar-refractivity contribution in [3.8, 4) is 28.3 Å². The zero-order chi connectivity index (χ0) is 19.0. The Morgan fingerprint density at radius 2 is 1.67 bits per heavy atom. The van der Waals surface area contributed by atoms with E-state index in [0.717, 1.165) is 11.0 Å². The lowest BCUT2D eigenvalue weighted by atomic mass is 10.0. The van der Waals surface area contributed by atoms with Gasteiger partial charge in [-0.3, -0.25) is 0 Å². The first-order valence-corrected chi connectivity index (χ1v) is 8.40. The number of aromatic amines is 1. The molecule has 0 fully saturated rings. The van der Waals surface area contributed by atoms with Gasteiger partial charge >= 0.3 is 0 Å². The zero-order valence-corrected chi connectivity index (χ0v) is 14.8. The molecule has 0 saturated heterocycles. The molecule has 0 aliphatic heterocycles. The summed E-state index contributed by atoms with van der Waals surface area (Å²) in [5.74, 6) is 0.307. The lowest BCUT2D eigenvalue weighted by molar-refractivity contribution is 0.415. The van der Waals surface area contributed by atoms with Crippen molar-refractivity contribution in [1.29, 1.82) is 0 Å². The number of nitrogens with zero attached hydrogens (tertiary/aromatic N) is 1. The van der Waals surface area contributed by atoms with Gasteiger partial charge in [0.2, 0.25) is 0 Å². The molecule has 0 aliphatic rings. The molecular weight excluding hydrogens is 348 g/mol. The van der Waals surface area contributed by atoms with E-state index in [9.17, 15) is 8.78 Å². The van der Waals surface area contributed by atoms with Gasteiger partial charge in [-0.15, -0.1) is 0 Å². The van der Waals surface area contributed by atoms with E-state index in [1.54, 1.807) is 44.5 Å². The second-order valence-corrected chi connectivity index (χ2v) is 6.11. The average molecular weight is 365 g/mol. The fourth-order valence-electron chi connectivity index (χ4n) is 3.03. The minimum atomic E-state index is -0.434. The Bertz CT molecular complexity index is 1140. The molecule has 3 aromatic carbocycles. The van der Waals surface area contributed by atoms with Gasteiger partial charge in [0.05, 0.1) is 29.4 Å². The van der Waals surface area contributed by atoms with Crippen molar-refractivity contribution in [2.45, 2.75) is 0 Å². The SMILES string of the molecule is CNc1ccc(-c2ccc(-c3nc4ccc(OC)cc4[nH]3)c(F)c2)cc1F. The van der Waals surface area contributed by atoms with Crippen LogP contribution in [0, 0.1) is 11.6 Å². The van der Waals surface area contributed by atoms with Gasteiger partial charge in [-0.25, -0.2) is 13.8 Å². The average Bonchev–Trinajstić information content (AvgIpc) is 3.10. The molecule has 4 nitrogen and oxygen atoms in total. The molecule has 0 atom stereocenters. The largest absolute Gasteiger partial charge is 0.497 e. The Balaban J connectivity index is 1.72. The first-order valence-electron chi connectivity index (χ1n) is 8.40. The van der Waals surface area contributed by atoms with Crippen molar-refractivity contribution in [2.24, 2.45) is 0 Å². The molecule has 0 spiro atoms. The van der Waals surface area contributed by atoms with Crippen LogP contribution in [0.5, 0.6) is 5.75 Å². The molecular formula is C21H17F2N3O. The highest BCUT2D eigenvalue weighted by Crippen LogP contribution is 2.30. The maximum atomic E-state index is 14.8. The van der Waals surface area contributed by atoms with Crippen molar-refractivity contribution in [2.75, 3.05) is 19.5 Å². The van der Waals surface area contributed by atoms with Crippen molar-refractivity contribution >= 4 is 16.7 Å². The summed E-state index contributed by atoms with van der Waals surface area (Å²) in [7, 11) is 3.23. The minimum Gasteiger partial charge on any atom is -0.497 e. The van der Waals surface area contributed by atoms with Crippen molar-refractivity contribution in [3.63, 3.8) is 0 Å². The smallest absolute Gasteiger partial charge is 0.146 e. The second kappa shape index (κ2) is 6.72. The summed E-state index contributed by atoms with van der Waals surface area (Å²) >= 11 is 0. The van der Waals surface area contributed by atoms with Crippen molar-refractivity contribution in [3.05, 3.63) is 66.2 Å².